The molecule has 1 saturated heterocycles. The number of anilines is 2. The number of nitrogens with zero attached hydrogens (tertiary/aromatic N) is 3. The van der Waals surface area contributed by atoms with Gasteiger partial charge in [-0.25, -0.2) is 4.98 Å². The standard InChI is InChI=1S/C17H22N4O/c1-22-16-4-2-3-15(11-16)20-7-9-21(10-8-20)17-6-5-14(12-18)13-19-17/h2-6,11,13H,7-10,12,18H2,1H3. The smallest absolute Gasteiger partial charge is 0.128 e. The number of ether oxygens (including phenoxy) is 1. The molecule has 0 aliphatic carbocycles. The third kappa shape index (κ3) is 3.14. The number of piperazine rings is 1. The molecule has 0 bridgehead atoms. The Morgan fingerprint density at radius 2 is 1.86 bits per heavy atom. The van der Waals surface area contributed by atoms with Gasteiger partial charge < -0.3 is 20.3 Å². The van der Waals surface area contributed by atoms with E-state index in [-0.39, 0.29) is 0 Å². The summed E-state index contributed by atoms with van der Waals surface area (Å²) in [6.07, 6.45) is 1.86. The van der Waals surface area contributed by atoms with Crippen molar-refractivity contribution in [1.29, 1.82) is 0 Å². The van der Waals surface area contributed by atoms with Crippen molar-refractivity contribution in [2.24, 2.45) is 5.73 Å². The highest BCUT2D eigenvalue weighted by molar-refractivity contribution is 5.52. The molecule has 5 heteroatoms. The average molecular weight is 298 g/mol. The van der Waals surface area contributed by atoms with Gasteiger partial charge in [0.1, 0.15) is 11.6 Å². The van der Waals surface area contributed by atoms with Gasteiger partial charge in [-0.2, -0.15) is 0 Å². The van der Waals surface area contributed by atoms with Gasteiger partial charge in [0.25, 0.3) is 0 Å². The molecule has 2 N–H and O–H groups in total. The number of benzene rings is 1. The van der Waals surface area contributed by atoms with E-state index in [0.29, 0.717) is 6.54 Å². The predicted molar refractivity (Wildman–Crippen MR) is 89.5 cm³/mol. The van der Waals surface area contributed by atoms with Crippen LogP contribution in [0, 0.1) is 0 Å². The lowest BCUT2D eigenvalue weighted by Gasteiger charge is -2.36. The molecule has 1 aliphatic heterocycles. The van der Waals surface area contributed by atoms with E-state index in [1.54, 1.807) is 7.11 Å². The monoisotopic (exact) mass is 298 g/mol. The van der Waals surface area contributed by atoms with Gasteiger partial charge in [0.15, 0.2) is 0 Å². The molecular weight excluding hydrogens is 276 g/mol. The van der Waals surface area contributed by atoms with Gasteiger partial charge in [-0.05, 0) is 23.8 Å². The summed E-state index contributed by atoms with van der Waals surface area (Å²) in [5, 5.41) is 0. The first-order valence-electron chi connectivity index (χ1n) is 7.59. The topological polar surface area (TPSA) is 54.6 Å². The first-order chi connectivity index (χ1) is 10.8. The zero-order chi connectivity index (χ0) is 15.4. The van der Waals surface area contributed by atoms with Gasteiger partial charge in [-0.15, -0.1) is 0 Å². The molecule has 0 saturated carbocycles. The largest absolute Gasteiger partial charge is 0.497 e. The molecule has 1 aromatic carbocycles. The highest BCUT2D eigenvalue weighted by atomic mass is 16.5. The van der Waals surface area contributed by atoms with Crippen molar-refractivity contribution in [3.63, 3.8) is 0 Å². The fourth-order valence-electron chi connectivity index (χ4n) is 2.73. The third-order valence-electron chi connectivity index (χ3n) is 4.07. The molecule has 116 valence electrons. The minimum absolute atomic E-state index is 0.539. The molecule has 1 aliphatic rings. The molecule has 5 nitrogen and oxygen atoms in total. The van der Waals surface area contributed by atoms with Crippen LogP contribution < -0.4 is 20.3 Å². The van der Waals surface area contributed by atoms with Crippen LogP contribution in [0.5, 0.6) is 5.75 Å². The molecule has 0 spiro atoms. The zero-order valence-corrected chi connectivity index (χ0v) is 12.9. The summed E-state index contributed by atoms with van der Waals surface area (Å²) < 4.78 is 5.30. The van der Waals surface area contributed by atoms with Crippen molar-refractivity contribution in [3.05, 3.63) is 48.2 Å². The second-order valence-electron chi connectivity index (χ2n) is 5.40. The van der Waals surface area contributed by atoms with Gasteiger partial charge in [0.2, 0.25) is 0 Å². The number of pyridine rings is 1. The fourth-order valence-corrected chi connectivity index (χ4v) is 2.73. The summed E-state index contributed by atoms with van der Waals surface area (Å²) in [5.41, 5.74) is 7.90. The molecule has 1 aromatic heterocycles. The van der Waals surface area contributed by atoms with Crippen LogP contribution in [0.15, 0.2) is 42.6 Å². The van der Waals surface area contributed by atoms with Crippen molar-refractivity contribution >= 4 is 11.5 Å². The number of hydrogen-bond acceptors (Lipinski definition) is 5. The predicted octanol–water partition coefficient (Wildman–Crippen LogP) is 1.88. The van der Waals surface area contributed by atoms with Crippen LogP contribution in [0.2, 0.25) is 0 Å². The van der Waals surface area contributed by atoms with Crippen LogP contribution >= 0.6 is 0 Å². The number of nitrogens with two attached hydrogens (primary N) is 1. The van der Waals surface area contributed by atoms with E-state index < -0.39 is 0 Å². The quantitative estimate of drug-likeness (QED) is 0.934. The van der Waals surface area contributed by atoms with Crippen LogP contribution in [-0.4, -0.2) is 38.3 Å². The summed E-state index contributed by atoms with van der Waals surface area (Å²) in [6, 6.07) is 12.3. The number of methoxy groups -OCH3 is 1. The van der Waals surface area contributed by atoms with E-state index in [9.17, 15) is 0 Å². The summed E-state index contributed by atoms with van der Waals surface area (Å²) in [7, 11) is 1.70. The second kappa shape index (κ2) is 6.66. The third-order valence-corrected chi connectivity index (χ3v) is 4.07. The van der Waals surface area contributed by atoms with E-state index in [0.717, 1.165) is 43.3 Å². The molecular formula is C17H22N4O. The van der Waals surface area contributed by atoms with Gasteiger partial charge in [0, 0.05) is 50.7 Å². The van der Waals surface area contributed by atoms with Crippen molar-refractivity contribution in [2.45, 2.75) is 6.54 Å². The number of hydrogen-bond donors (Lipinski definition) is 1. The fraction of sp³-hybridized carbons (Fsp3) is 0.353. The highest BCUT2D eigenvalue weighted by Crippen LogP contribution is 2.23. The van der Waals surface area contributed by atoms with Crippen LogP contribution in [-0.2, 0) is 6.54 Å². The van der Waals surface area contributed by atoms with E-state index in [1.165, 1.54) is 5.69 Å². The summed E-state index contributed by atoms with van der Waals surface area (Å²) in [4.78, 5) is 9.20. The molecule has 3 rings (SSSR count). The SMILES string of the molecule is COc1cccc(N2CCN(c3ccc(CN)cn3)CC2)c1. The van der Waals surface area contributed by atoms with Crippen LogP contribution in [0.3, 0.4) is 0 Å². The van der Waals surface area contributed by atoms with Crippen molar-refractivity contribution < 1.29 is 4.74 Å². The van der Waals surface area contributed by atoms with E-state index in [4.69, 9.17) is 10.5 Å². The maximum atomic E-state index is 5.61. The maximum absolute atomic E-state index is 5.61. The van der Waals surface area contributed by atoms with Gasteiger partial charge in [0.05, 0.1) is 7.11 Å². The molecule has 2 heterocycles. The molecule has 22 heavy (non-hydrogen) atoms. The van der Waals surface area contributed by atoms with Gasteiger partial charge in [-0.3, -0.25) is 0 Å². The lowest BCUT2D eigenvalue weighted by molar-refractivity contribution is 0.414. The first kappa shape index (κ1) is 14.7. The Bertz CT molecular complexity index is 606. The Hall–Kier alpha value is -2.27. The lowest BCUT2D eigenvalue weighted by Crippen LogP contribution is -2.46. The molecule has 0 amide bonds. The summed E-state index contributed by atoms with van der Waals surface area (Å²) >= 11 is 0. The van der Waals surface area contributed by atoms with Crippen molar-refractivity contribution in [1.82, 2.24) is 4.98 Å². The Morgan fingerprint density at radius 3 is 2.50 bits per heavy atom. The van der Waals surface area contributed by atoms with Crippen molar-refractivity contribution in [2.75, 3.05) is 43.1 Å². The average Bonchev–Trinajstić information content (AvgIpc) is 2.62. The molecule has 0 atom stereocenters. The minimum Gasteiger partial charge on any atom is -0.497 e. The van der Waals surface area contributed by atoms with E-state index in [2.05, 4.69) is 39.0 Å². The lowest BCUT2D eigenvalue weighted by atomic mass is 10.2. The Morgan fingerprint density at radius 1 is 1.09 bits per heavy atom. The van der Waals surface area contributed by atoms with Gasteiger partial charge in [-0.1, -0.05) is 12.1 Å². The number of aromatic nitrogens is 1. The Balaban J connectivity index is 1.64. The van der Waals surface area contributed by atoms with E-state index >= 15 is 0 Å². The maximum Gasteiger partial charge on any atom is 0.128 e. The Kier molecular flexibility index (Phi) is 4.44. The number of rotatable bonds is 4. The zero-order valence-electron chi connectivity index (χ0n) is 12.9. The van der Waals surface area contributed by atoms with Crippen LogP contribution in [0.4, 0.5) is 11.5 Å². The van der Waals surface area contributed by atoms with Crippen LogP contribution in [0.25, 0.3) is 0 Å². The van der Waals surface area contributed by atoms with Crippen molar-refractivity contribution in [3.8, 4) is 5.75 Å². The normalized spacial score (nSPS) is 15.0. The molecule has 1 fully saturated rings. The highest BCUT2D eigenvalue weighted by Gasteiger charge is 2.18. The molecule has 0 radical (unpaired) electrons. The van der Waals surface area contributed by atoms with E-state index in [1.807, 2.05) is 18.3 Å². The Labute approximate surface area is 131 Å². The van der Waals surface area contributed by atoms with Crippen LogP contribution in [0.1, 0.15) is 5.56 Å². The van der Waals surface area contributed by atoms with Gasteiger partial charge >= 0.3 is 0 Å². The first-order valence-corrected chi connectivity index (χ1v) is 7.59. The summed E-state index contributed by atoms with van der Waals surface area (Å²) in [6.45, 7) is 4.43. The minimum atomic E-state index is 0.539. The summed E-state index contributed by atoms with van der Waals surface area (Å²) in [5.74, 6) is 1.93. The second-order valence-corrected chi connectivity index (χ2v) is 5.40. The molecule has 2 aromatic rings. The molecule has 0 unspecified atom stereocenters.